The highest BCUT2D eigenvalue weighted by molar-refractivity contribution is 6.00. The lowest BCUT2D eigenvalue weighted by molar-refractivity contribution is 0.0700. The molecule has 4 heterocycles. The Morgan fingerprint density at radius 2 is 1.95 bits per heavy atom. The van der Waals surface area contributed by atoms with Crippen LogP contribution in [-0.2, 0) is 13.6 Å². The molecule has 5 aromatic rings. The zero-order valence-electron chi connectivity index (χ0n) is 24.6. The average molecular weight is 564 g/mol. The molecule has 9 heteroatoms. The van der Waals surface area contributed by atoms with Gasteiger partial charge in [0.1, 0.15) is 11.3 Å². The number of imidazole rings is 1. The number of H-pyrrole nitrogens is 1. The van der Waals surface area contributed by atoms with Gasteiger partial charge in [0.15, 0.2) is 5.82 Å². The van der Waals surface area contributed by atoms with Crippen LogP contribution in [0.4, 0.5) is 0 Å². The summed E-state index contributed by atoms with van der Waals surface area (Å²) in [6, 6.07) is 12.9. The maximum Gasteiger partial charge on any atom is 0.254 e. The van der Waals surface area contributed by atoms with Gasteiger partial charge in [-0.25, -0.2) is 4.98 Å². The second-order valence-electron chi connectivity index (χ2n) is 12.6. The van der Waals surface area contributed by atoms with Crippen molar-refractivity contribution in [1.29, 1.82) is 0 Å². The van der Waals surface area contributed by atoms with Gasteiger partial charge in [0, 0.05) is 59.9 Å². The van der Waals surface area contributed by atoms with Crippen LogP contribution in [0.3, 0.4) is 0 Å². The van der Waals surface area contributed by atoms with E-state index in [1.807, 2.05) is 31.0 Å². The molecule has 8 rings (SSSR count). The summed E-state index contributed by atoms with van der Waals surface area (Å²) in [5, 5.41) is 8.74. The Bertz CT molecular complexity index is 1870. The van der Waals surface area contributed by atoms with Crippen molar-refractivity contribution < 1.29 is 9.53 Å². The van der Waals surface area contributed by atoms with E-state index < -0.39 is 0 Å². The molecule has 1 aliphatic heterocycles. The molecule has 1 saturated heterocycles. The zero-order chi connectivity index (χ0) is 28.9. The molecule has 3 aromatic heterocycles. The summed E-state index contributed by atoms with van der Waals surface area (Å²) in [6.07, 6.45) is 4.60. The molecule has 2 aromatic carbocycles. The van der Waals surface area contributed by atoms with Gasteiger partial charge in [-0.2, -0.15) is 5.10 Å². The fourth-order valence-electron chi connectivity index (χ4n) is 7.59. The number of likely N-dealkylation sites (tertiary alicyclic amines) is 1. The van der Waals surface area contributed by atoms with Crippen LogP contribution in [0.5, 0.6) is 5.75 Å². The number of aryl methyl sites for hydroxylation is 3. The van der Waals surface area contributed by atoms with E-state index in [4.69, 9.17) is 15.5 Å². The van der Waals surface area contributed by atoms with Gasteiger partial charge in [0.2, 0.25) is 0 Å². The summed E-state index contributed by atoms with van der Waals surface area (Å²) in [5.41, 5.74) is 15.4. The standard InChI is InChI=1S/C33H37N7O2/c1-17-29(18(2)37-36-17)21-8-7-20-12-27(39(26(20)13-21)15-19-5-6-19)32-35-24-11-23(14-28(42-4)31(24)38(32)3)33(41)40-16-22-9-10-25(40)30(22)34/h7-8,11-14,19,22,25,30H,5-6,9-10,15-16,34H2,1-4H3,(H,36,37)/t22-,25-,30-/m1/s1. The number of nitrogens with one attached hydrogen (secondary N) is 1. The molecule has 2 aliphatic carbocycles. The number of carbonyl (C=O) groups excluding carboxylic acids is 1. The second-order valence-corrected chi connectivity index (χ2v) is 12.6. The first-order valence-corrected chi connectivity index (χ1v) is 15.1. The molecule has 9 nitrogen and oxygen atoms in total. The van der Waals surface area contributed by atoms with E-state index in [0.29, 0.717) is 23.1 Å². The fourth-order valence-corrected chi connectivity index (χ4v) is 7.59. The van der Waals surface area contributed by atoms with E-state index in [9.17, 15) is 4.79 Å². The number of amides is 1. The number of nitrogens with zero attached hydrogens (tertiary/aromatic N) is 5. The van der Waals surface area contributed by atoms with Crippen LogP contribution in [0.1, 0.15) is 47.4 Å². The number of hydrogen-bond donors (Lipinski definition) is 2. The summed E-state index contributed by atoms with van der Waals surface area (Å²) in [7, 11) is 3.70. The number of rotatable bonds is 6. The minimum atomic E-state index is 0.0188. The van der Waals surface area contributed by atoms with Crippen molar-refractivity contribution in [3.05, 3.63) is 53.3 Å². The lowest BCUT2D eigenvalue weighted by Crippen LogP contribution is -2.41. The third-order valence-corrected chi connectivity index (χ3v) is 10.0. The van der Waals surface area contributed by atoms with E-state index >= 15 is 0 Å². The summed E-state index contributed by atoms with van der Waals surface area (Å²) >= 11 is 0. The predicted octanol–water partition coefficient (Wildman–Crippen LogP) is 5.18. The molecular formula is C33H37N7O2. The van der Waals surface area contributed by atoms with Crippen LogP contribution >= 0.6 is 0 Å². The summed E-state index contributed by atoms with van der Waals surface area (Å²) in [6.45, 7) is 5.81. The molecular weight excluding hydrogens is 526 g/mol. The van der Waals surface area contributed by atoms with Gasteiger partial charge in [-0.3, -0.25) is 9.89 Å². The van der Waals surface area contributed by atoms with Gasteiger partial charge in [0.05, 0.1) is 24.0 Å². The minimum Gasteiger partial charge on any atom is -0.494 e. The smallest absolute Gasteiger partial charge is 0.254 e. The number of aromatic amines is 1. The van der Waals surface area contributed by atoms with Gasteiger partial charge in [-0.15, -0.1) is 0 Å². The fraction of sp³-hybridized carbons (Fsp3) is 0.424. The van der Waals surface area contributed by atoms with Gasteiger partial charge >= 0.3 is 0 Å². The number of carbonyl (C=O) groups is 1. The van der Waals surface area contributed by atoms with E-state index in [-0.39, 0.29) is 18.0 Å². The lowest BCUT2D eigenvalue weighted by atomic mass is 10.0. The van der Waals surface area contributed by atoms with E-state index in [0.717, 1.165) is 71.0 Å². The monoisotopic (exact) mass is 563 g/mol. The Labute approximate surface area is 244 Å². The maximum atomic E-state index is 13.7. The first-order chi connectivity index (χ1) is 20.3. The molecule has 3 aliphatic rings. The van der Waals surface area contributed by atoms with E-state index in [2.05, 4.69) is 50.5 Å². The molecule has 1 amide bonds. The van der Waals surface area contributed by atoms with Crippen molar-refractivity contribution in [3.63, 3.8) is 0 Å². The third kappa shape index (κ3) is 3.75. The Balaban J connectivity index is 1.25. The van der Waals surface area contributed by atoms with Crippen molar-refractivity contribution in [1.82, 2.24) is 29.2 Å². The number of nitrogens with two attached hydrogens (primary N) is 1. The van der Waals surface area contributed by atoms with Crippen LogP contribution in [0, 0.1) is 25.7 Å². The lowest BCUT2D eigenvalue weighted by Gasteiger charge is -2.27. The van der Waals surface area contributed by atoms with Crippen molar-refractivity contribution >= 4 is 27.8 Å². The van der Waals surface area contributed by atoms with Crippen molar-refractivity contribution in [2.45, 2.75) is 58.2 Å². The van der Waals surface area contributed by atoms with Crippen LogP contribution in [-0.4, -0.2) is 60.9 Å². The van der Waals surface area contributed by atoms with Gasteiger partial charge in [0.25, 0.3) is 5.91 Å². The first-order valence-electron chi connectivity index (χ1n) is 15.1. The highest BCUT2D eigenvalue weighted by Crippen LogP contribution is 2.41. The Kier molecular flexibility index (Phi) is 5.60. The number of benzene rings is 2. The maximum absolute atomic E-state index is 13.7. The molecule has 216 valence electrons. The van der Waals surface area contributed by atoms with Crippen LogP contribution in [0.2, 0.25) is 0 Å². The second kappa shape index (κ2) is 9.19. The number of ether oxygens (including phenoxy) is 1. The van der Waals surface area contributed by atoms with Gasteiger partial charge < -0.3 is 24.5 Å². The predicted molar refractivity (Wildman–Crippen MR) is 164 cm³/mol. The summed E-state index contributed by atoms with van der Waals surface area (Å²) < 4.78 is 10.4. The van der Waals surface area contributed by atoms with Crippen molar-refractivity contribution in [2.24, 2.45) is 24.6 Å². The molecule has 3 N–H and O–H groups in total. The minimum absolute atomic E-state index is 0.0188. The van der Waals surface area contributed by atoms with E-state index in [1.54, 1.807) is 7.11 Å². The zero-order valence-corrected chi connectivity index (χ0v) is 24.6. The SMILES string of the molecule is COc1cc(C(=O)N2C[C@H]3CC[C@@H]2[C@@H]3N)cc2nc(-c3cc4ccc(-c5c(C)n[nH]c5C)cc4n3CC3CC3)n(C)c12. The molecule has 0 radical (unpaired) electrons. The number of aromatic nitrogens is 5. The first kappa shape index (κ1) is 25.6. The molecule has 3 atom stereocenters. The third-order valence-electron chi connectivity index (χ3n) is 10.0. The Hall–Kier alpha value is -4.11. The van der Waals surface area contributed by atoms with Crippen LogP contribution in [0.15, 0.2) is 36.4 Å². The van der Waals surface area contributed by atoms with Gasteiger partial charge in [-0.1, -0.05) is 12.1 Å². The topological polar surface area (TPSA) is 107 Å². The van der Waals surface area contributed by atoms with Crippen LogP contribution in [0.25, 0.3) is 44.6 Å². The van der Waals surface area contributed by atoms with Gasteiger partial charge in [-0.05, 0) is 81.2 Å². The summed E-state index contributed by atoms with van der Waals surface area (Å²) in [4.78, 5) is 20.8. The number of methoxy groups -OCH3 is 1. The number of hydrogen-bond acceptors (Lipinski definition) is 5. The quantitative estimate of drug-likeness (QED) is 0.296. The molecule has 0 spiro atoms. The Morgan fingerprint density at radius 3 is 2.62 bits per heavy atom. The Morgan fingerprint density at radius 1 is 1.12 bits per heavy atom. The highest BCUT2D eigenvalue weighted by atomic mass is 16.5. The number of piperidine rings is 1. The van der Waals surface area contributed by atoms with Crippen LogP contribution < -0.4 is 10.5 Å². The van der Waals surface area contributed by atoms with Crippen molar-refractivity contribution in [3.8, 4) is 28.4 Å². The molecule has 0 unspecified atom stereocenters. The number of fused-ring (bicyclic) bond motifs is 4. The van der Waals surface area contributed by atoms with E-state index in [1.165, 1.54) is 23.7 Å². The molecule has 42 heavy (non-hydrogen) atoms. The molecule has 2 saturated carbocycles. The highest BCUT2D eigenvalue weighted by Gasteiger charge is 2.47. The summed E-state index contributed by atoms with van der Waals surface area (Å²) in [5.74, 6) is 2.62. The molecule has 3 fully saturated rings. The largest absolute Gasteiger partial charge is 0.494 e. The van der Waals surface area contributed by atoms with Crippen molar-refractivity contribution in [2.75, 3.05) is 13.7 Å². The average Bonchev–Trinajstić information content (AvgIpc) is 3.17. The molecule has 2 bridgehead atoms. The normalized spacial score (nSPS) is 21.7.